The summed E-state index contributed by atoms with van der Waals surface area (Å²) in [6.45, 7) is 0. The van der Waals surface area contributed by atoms with E-state index in [0.29, 0.717) is 0 Å². The van der Waals surface area contributed by atoms with Crippen LogP contribution in [-0.4, -0.2) is 14.2 Å². The van der Waals surface area contributed by atoms with Crippen LogP contribution in [0, 0.1) is 0 Å². The molecule has 0 bridgehead atoms. The fourth-order valence-corrected chi connectivity index (χ4v) is 0.540. The Kier molecular flexibility index (Phi) is 3.19. The van der Waals surface area contributed by atoms with Gasteiger partial charge < -0.3 is 0 Å². The molecule has 0 unspecified atom stereocenters. The quantitative estimate of drug-likeness (QED) is 0.324. The van der Waals surface area contributed by atoms with Crippen LogP contribution in [-0.2, 0) is 13.6 Å². The summed E-state index contributed by atoms with van der Waals surface area (Å²) in [5.41, 5.74) is 0. The molecule has 0 aliphatic carbocycles. The molecule has 8 heavy (non-hydrogen) atoms. The van der Waals surface area contributed by atoms with Crippen LogP contribution in [0.15, 0.2) is 0 Å². The van der Waals surface area contributed by atoms with Gasteiger partial charge in [0, 0.05) is 14.2 Å². The molecule has 0 heterocycles. The van der Waals surface area contributed by atoms with Crippen LogP contribution in [0.3, 0.4) is 0 Å². The van der Waals surface area contributed by atoms with E-state index in [4.69, 9.17) is 5.84 Å². The summed E-state index contributed by atoms with van der Waals surface area (Å²) in [6, 6.07) is 0. The maximum atomic E-state index is 10.6. The third kappa shape index (κ3) is 1.90. The predicted octanol–water partition coefficient (Wildman–Crippen LogP) is -0.149. The van der Waals surface area contributed by atoms with Gasteiger partial charge in [0.15, 0.2) is 0 Å². The van der Waals surface area contributed by atoms with E-state index in [-0.39, 0.29) is 0 Å². The molecule has 3 N–H and O–H groups in total. The highest BCUT2D eigenvalue weighted by molar-refractivity contribution is 7.51. The van der Waals surface area contributed by atoms with E-state index in [2.05, 4.69) is 9.05 Å². The van der Waals surface area contributed by atoms with Crippen molar-refractivity contribution < 1.29 is 13.6 Å². The summed E-state index contributed by atoms with van der Waals surface area (Å²) in [5.74, 6) is 4.76. The molecule has 0 saturated heterocycles. The van der Waals surface area contributed by atoms with Crippen molar-refractivity contribution in [3.63, 3.8) is 0 Å². The standard InChI is InChI=1S/C2H9N2O3P/c1-6-8(5,4-3)7-2/h3H2,1-2H3,(H,4,5). The molecule has 0 amide bonds. The van der Waals surface area contributed by atoms with E-state index in [1.54, 1.807) is 0 Å². The van der Waals surface area contributed by atoms with Crippen LogP contribution in [0.25, 0.3) is 0 Å². The van der Waals surface area contributed by atoms with E-state index < -0.39 is 7.75 Å². The van der Waals surface area contributed by atoms with Crippen LogP contribution in [0.2, 0.25) is 0 Å². The topological polar surface area (TPSA) is 73.6 Å². The van der Waals surface area contributed by atoms with E-state index in [1.807, 2.05) is 5.20 Å². The number of rotatable bonds is 3. The third-order valence-corrected chi connectivity index (χ3v) is 1.92. The minimum atomic E-state index is -3.13. The van der Waals surface area contributed by atoms with Gasteiger partial charge in [-0.1, -0.05) is 0 Å². The molecule has 6 heteroatoms. The van der Waals surface area contributed by atoms with Gasteiger partial charge in [-0.2, -0.15) is 5.20 Å². The van der Waals surface area contributed by atoms with E-state index >= 15 is 0 Å². The minimum Gasteiger partial charge on any atom is -0.299 e. The molecule has 0 spiro atoms. The molecular weight excluding hydrogens is 131 g/mol. The lowest BCUT2D eigenvalue weighted by atomic mass is 11.8. The molecule has 0 fully saturated rings. The van der Waals surface area contributed by atoms with Crippen molar-refractivity contribution in [2.24, 2.45) is 5.84 Å². The smallest absolute Gasteiger partial charge is 0.299 e. The first kappa shape index (κ1) is 8.07. The van der Waals surface area contributed by atoms with Crippen LogP contribution >= 0.6 is 7.75 Å². The fourth-order valence-electron chi connectivity index (χ4n) is 0.180. The number of hydrogen-bond acceptors (Lipinski definition) is 4. The van der Waals surface area contributed by atoms with Crippen molar-refractivity contribution >= 4 is 7.75 Å². The molecule has 0 saturated carbocycles. The molecule has 0 aromatic carbocycles. The summed E-state index contributed by atoms with van der Waals surface area (Å²) in [7, 11) is -0.654. The van der Waals surface area contributed by atoms with Crippen LogP contribution in [0.5, 0.6) is 0 Å². The van der Waals surface area contributed by atoms with Gasteiger partial charge >= 0.3 is 7.75 Å². The normalized spacial score (nSPS) is 11.9. The molecule has 0 aromatic heterocycles. The van der Waals surface area contributed by atoms with Crippen LogP contribution < -0.4 is 11.0 Å². The minimum absolute atomic E-state index is 1.24. The van der Waals surface area contributed by atoms with Crippen molar-refractivity contribution in [3.05, 3.63) is 0 Å². The molecular formula is C2H9N2O3P. The number of nitrogens with two attached hydrogens (primary N) is 1. The molecule has 0 atom stereocenters. The van der Waals surface area contributed by atoms with Gasteiger partial charge in [-0.25, -0.2) is 4.57 Å². The maximum Gasteiger partial charge on any atom is 0.418 e. The second-order valence-corrected chi connectivity index (χ2v) is 2.98. The molecule has 0 rings (SSSR count). The van der Waals surface area contributed by atoms with Crippen molar-refractivity contribution in [2.75, 3.05) is 14.2 Å². The first-order valence-corrected chi connectivity index (χ1v) is 3.42. The average Bonchev–Trinajstić information content (AvgIpc) is 1.87. The molecule has 0 aliphatic rings. The van der Waals surface area contributed by atoms with Crippen molar-refractivity contribution in [1.29, 1.82) is 0 Å². The summed E-state index contributed by atoms with van der Waals surface area (Å²) < 4.78 is 19.3. The zero-order valence-corrected chi connectivity index (χ0v) is 5.64. The van der Waals surface area contributed by atoms with Crippen molar-refractivity contribution in [3.8, 4) is 0 Å². The van der Waals surface area contributed by atoms with Gasteiger partial charge in [0.1, 0.15) is 0 Å². The van der Waals surface area contributed by atoms with Gasteiger partial charge in [-0.15, -0.1) is 0 Å². The number of nitrogens with one attached hydrogen (secondary N) is 1. The second kappa shape index (κ2) is 3.17. The van der Waals surface area contributed by atoms with Crippen LogP contribution in [0.4, 0.5) is 0 Å². The van der Waals surface area contributed by atoms with Crippen molar-refractivity contribution in [2.45, 2.75) is 0 Å². The first-order valence-electron chi connectivity index (χ1n) is 1.88. The molecule has 0 aliphatic heterocycles. The zero-order valence-electron chi connectivity index (χ0n) is 4.75. The summed E-state index contributed by atoms with van der Waals surface area (Å²) in [6.07, 6.45) is 0. The van der Waals surface area contributed by atoms with Gasteiger partial charge in [0.25, 0.3) is 0 Å². The highest BCUT2D eigenvalue weighted by Gasteiger charge is 2.16. The Balaban J connectivity index is 3.79. The Morgan fingerprint density at radius 1 is 1.50 bits per heavy atom. The Labute approximate surface area is 47.7 Å². The molecule has 0 aromatic rings. The number of hydrogen-bond donors (Lipinski definition) is 2. The Hall–Kier alpha value is 0.0700. The molecule has 5 nitrogen and oxygen atoms in total. The Morgan fingerprint density at radius 2 is 1.88 bits per heavy atom. The lowest BCUT2D eigenvalue weighted by Crippen LogP contribution is -2.19. The van der Waals surface area contributed by atoms with Crippen molar-refractivity contribution in [1.82, 2.24) is 5.20 Å². The maximum absolute atomic E-state index is 10.6. The zero-order chi connectivity index (χ0) is 6.62. The first-order chi connectivity index (χ1) is 3.68. The largest absolute Gasteiger partial charge is 0.418 e. The summed E-state index contributed by atoms with van der Waals surface area (Å²) >= 11 is 0. The van der Waals surface area contributed by atoms with Gasteiger partial charge in [0.05, 0.1) is 0 Å². The molecule has 50 valence electrons. The van der Waals surface area contributed by atoms with E-state index in [9.17, 15) is 4.57 Å². The van der Waals surface area contributed by atoms with Gasteiger partial charge in [0.2, 0.25) is 0 Å². The predicted molar refractivity (Wildman–Crippen MR) is 28.9 cm³/mol. The van der Waals surface area contributed by atoms with E-state index in [0.717, 1.165) is 0 Å². The van der Waals surface area contributed by atoms with Gasteiger partial charge in [-0.3, -0.25) is 14.9 Å². The van der Waals surface area contributed by atoms with Crippen LogP contribution in [0.1, 0.15) is 0 Å². The SMILES string of the molecule is COP(=O)(NN)OC. The summed E-state index contributed by atoms with van der Waals surface area (Å²) in [5, 5.41) is 1.89. The number of hydrazine groups is 1. The molecule has 0 radical (unpaired) electrons. The second-order valence-electron chi connectivity index (χ2n) is 0.992. The highest BCUT2D eigenvalue weighted by atomic mass is 31.2. The van der Waals surface area contributed by atoms with E-state index in [1.165, 1.54) is 14.2 Å². The lowest BCUT2D eigenvalue weighted by molar-refractivity contribution is 0.265. The fraction of sp³-hybridized carbons (Fsp3) is 1.00. The highest BCUT2D eigenvalue weighted by Crippen LogP contribution is 2.39. The monoisotopic (exact) mass is 140 g/mol. The lowest BCUT2D eigenvalue weighted by Gasteiger charge is -2.09. The summed E-state index contributed by atoms with van der Waals surface area (Å²) in [4.78, 5) is 0. The third-order valence-electron chi connectivity index (χ3n) is 0.639. The van der Waals surface area contributed by atoms with Gasteiger partial charge in [-0.05, 0) is 0 Å². The average molecular weight is 140 g/mol. The Bertz CT molecular complexity index is 86.4. The Morgan fingerprint density at radius 3 is 1.88 bits per heavy atom.